The number of esters is 1. The van der Waals surface area contributed by atoms with Crippen molar-refractivity contribution >= 4 is 40.5 Å². The number of benzene rings is 1. The van der Waals surface area contributed by atoms with E-state index < -0.39 is 24.5 Å². The molecule has 0 aliphatic heterocycles. The Morgan fingerprint density at radius 3 is 2.73 bits per heavy atom. The molecule has 0 saturated heterocycles. The van der Waals surface area contributed by atoms with E-state index in [4.69, 9.17) is 14.1 Å². The van der Waals surface area contributed by atoms with Crippen molar-refractivity contribution in [1.29, 1.82) is 0 Å². The Morgan fingerprint density at radius 1 is 1.15 bits per heavy atom. The molecule has 0 spiro atoms. The van der Waals surface area contributed by atoms with E-state index in [9.17, 15) is 14.4 Å². The van der Waals surface area contributed by atoms with Gasteiger partial charge in [-0.1, -0.05) is 32.0 Å². The SMILES string of the molecule is CC(C)CNC(=O)NC(=O)COC(=O)c1c2c(nc3ccccc13)C(=Cc1ccco1)CC2. The molecule has 0 saturated carbocycles. The zero-order chi connectivity index (χ0) is 23.4. The van der Waals surface area contributed by atoms with Gasteiger partial charge in [-0.05, 0) is 54.2 Å². The third-order valence-electron chi connectivity index (χ3n) is 5.26. The maximum Gasteiger partial charge on any atom is 0.339 e. The van der Waals surface area contributed by atoms with E-state index >= 15 is 0 Å². The maximum atomic E-state index is 13.1. The van der Waals surface area contributed by atoms with Crippen LogP contribution in [0.2, 0.25) is 0 Å². The van der Waals surface area contributed by atoms with Gasteiger partial charge in [0.1, 0.15) is 5.76 Å². The number of nitrogens with zero attached hydrogens (tertiary/aromatic N) is 1. The van der Waals surface area contributed by atoms with Crippen molar-refractivity contribution in [1.82, 2.24) is 15.6 Å². The Bertz CT molecular complexity index is 1230. The molecule has 0 atom stereocenters. The third kappa shape index (κ3) is 5.11. The number of carbonyl (C=O) groups excluding carboxylic acids is 3. The molecule has 3 amide bonds. The average Bonchev–Trinajstić information content (AvgIpc) is 3.45. The van der Waals surface area contributed by atoms with Gasteiger partial charge in [0.2, 0.25) is 0 Å². The van der Waals surface area contributed by atoms with Crippen molar-refractivity contribution < 1.29 is 23.5 Å². The van der Waals surface area contributed by atoms with Crippen molar-refractivity contribution in [3.05, 3.63) is 65.2 Å². The number of furan rings is 1. The summed E-state index contributed by atoms with van der Waals surface area (Å²) in [6.45, 7) is 3.75. The van der Waals surface area contributed by atoms with Crippen molar-refractivity contribution in [2.75, 3.05) is 13.2 Å². The fourth-order valence-corrected chi connectivity index (χ4v) is 3.76. The van der Waals surface area contributed by atoms with E-state index in [1.165, 1.54) is 0 Å². The molecule has 2 heterocycles. The van der Waals surface area contributed by atoms with Gasteiger partial charge in [-0.15, -0.1) is 0 Å². The molecule has 0 unspecified atom stereocenters. The number of carbonyl (C=O) groups is 3. The second kappa shape index (κ2) is 9.68. The van der Waals surface area contributed by atoms with Gasteiger partial charge in [-0.25, -0.2) is 14.6 Å². The fraction of sp³-hybridized carbons (Fsp3) is 0.280. The smallest absolute Gasteiger partial charge is 0.339 e. The molecule has 4 rings (SSSR count). The molecule has 170 valence electrons. The highest BCUT2D eigenvalue weighted by molar-refractivity contribution is 6.07. The first kappa shape index (κ1) is 22.3. The van der Waals surface area contributed by atoms with Crippen LogP contribution >= 0.6 is 0 Å². The fourth-order valence-electron chi connectivity index (χ4n) is 3.76. The number of hydrogen-bond acceptors (Lipinski definition) is 6. The number of rotatable bonds is 6. The largest absolute Gasteiger partial charge is 0.465 e. The zero-order valence-corrected chi connectivity index (χ0v) is 18.5. The zero-order valence-electron chi connectivity index (χ0n) is 18.5. The lowest BCUT2D eigenvalue weighted by atomic mass is 10.0. The Labute approximate surface area is 191 Å². The average molecular weight is 447 g/mol. The molecule has 8 nitrogen and oxygen atoms in total. The molecule has 0 fully saturated rings. The van der Waals surface area contributed by atoms with E-state index in [1.54, 1.807) is 6.26 Å². The van der Waals surface area contributed by atoms with Crippen LogP contribution in [0.5, 0.6) is 0 Å². The Balaban J connectivity index is 1.56. The van der Waals surface area contributed by atoms with Gasteiger partial charge in [-0.3, -0.25) is 10.1 Å². The van der Waals surface area contributed by atoms with Gasteiger partial charge < -0.3 is 14.5 Å². The summed E-state index contributed by atoms with van der Waals surface area (Å²) in [5.41, 5.74) is 3.55. The van der Waals surface area contributed by atoms with E-state index in [0.29, 0.717) is 41.6 Å². The Kier molecular flexibility index (Phi) is 6.53. The van der Waals surface area contributed by atoms with Crippen molar-refractivity contribution in [2.24, 2.45) is 5.92 Å². The molecule has 0 bridgehead atoms. The molecule has 3 aromatic rings. The quantitative estimate of drug-likeness (QED) is 0.554. The van der Waals surface area contributed by atoms with Gasteiger partial charge >= 0.3 is 12.0 Å². The van der Waals surface area contributed by atoms with Gasteiger partial charge in [0.25, 0.3) is 5.91 Å². The summed E-state index contributed by atoms with van der Waals surface area (Å²) >= 11 is 0. The topological polar surface area (TPSA) is 111 Å². The van der Waals surface area contributed by atoms with E-state index in [1.807, 2.05) is 56.3 Å². The number of para-hydroxylation sites is 1. The summed E-state index contributed by atoms with van der Waals surface area (Å²) in [4.78, 5) is 41.7. The Hall–Kier alpha value is -3.94. The number of pyridine rings is 1. The van der Waals surface area contributed by atoms with Crippen molar-refractivity contribution in [3.63, 3.8) is 0 Å². The van der Waals surface area contributed by atoms with Crippen LogP contribution in [0.15, 0.2) is 47.1 Å². The van der Waals surface area contributed by atoms with Crippen LogP contribution in [0.1, 0.15) is 47.6 Å². The number of ether oxygens (including phenoxy) is 1. The third-order valence-corrected chi connectivity index (χ3v) is 5.26. The lowest BCUT2D eigenvalue weighted by Crippen LogP contribution is -2.42. The molecule has 1 aromatic carbocycles. The minimum absolute atomic E-state index is 0.248. The van der Waals surface area contributed by atoms with Gasteiger partial charge in [0.15, 0.2) is 6.61 Å². The first-order valence-electron chi connectivity index (χ1n) is 10.8. The monoisotopic (exact) mass is 447 g/mol. The molecular formula is C25H25N3O5. The number of nitrogens with one attached hydrogen (secondary N) is 2. The highest BCUT2D eigenvalue weighted by atomic mass is 16.5. The van der Waals surface area contributed by atoms with Crippen molar-refractivity contribution in [3.8, 4) is 0 Å². The minimum Gasteiger partial charge on any atom is -0.465 e. The summed E-state index contributed by atoms with van der Waals surface area (Å²) in [5.74, 6) is -0.360. The van der Waals surface area contributed by atoms with Crippen LogP contribution < -0.4 is 10.6 Å². The number of amides is 3. The molecule has 33 heavy (non-hydrogen) atoms. The summed E-state index contributed by atoms with van der Waals surface area (Å²) in [7, 11) is 0. The van der Waals surface area contributed by atoms with Crippen LogP contribution in [0.4, 0.5) is 4.79 Å². The molecule has 8 heteroatoms. The lowest BCUT2D eigenvalue weighted by molar-refractivity contribution is -0.123. The number of imide groups is 1. The minimum atomic E-state index is -0.696. The van der Waals surface area contributed by atoms with Crippen LogP contribution in [0, 0.1) is 5.92 Å². The molecule has 0 radical (unpaired) electrons. The summed E-state index contributed by atoms with van der Waals surface area (Å²) < 4.78 is 10.7. The van der Waals surface area contributed by atoms with E-state index in [2.05, 4.69) is 10.6 Å². The summed E-state index contributed by atoms with van der Waals surface area (Å²) in [6, 6.07) is 10.4. The standard InChI is InChI=1S/C25H25N3O5/c1-15(2)13-26-25(31)28-21(29)14-33-24(30)22-18-7-3-4-8-20(18)27-23-16(9-10-19(22)23)12-17-6-5-11-32-17/h3-8,11-12,15H,9-10,13-14H2,1-2H3,(H2,26,28,29,31). The first-order chi connectivity index (χ1) is 15.9. The van der Waals surface area contributed by atoms with E-state index in [-0.39, 0.29) is 5.92 Å². The second-order valence-electron chi connectivity index (χ2n) is 8.24. The first-order valence-corrected chi connectivity index (χ1v) is 10.8. The van der Waals surface area contributed by atoms with Gasteiger partial charge in [-0.2, -0.15) is 0 Å². The molecular weight excluding hydrogens is 422 g/mol. The summed E-state index contributed by atoms with van der Waals surface area (Å²) in [6.07, 6.45) is 4.85. The normalized spacial score (nSPS) is 13.8. The molecule has 2 N–H and O–H groups in total. The molecule has 1 aliphatic carbocycles. The maximum absolute atomic E-state index is 13.1. The number of urea groups is 1. The van der Waals surface area contributed by atoms with Crippen molar-refractivity contribution in [2.45, 2.75) is 26.7 Å². The number of allylic oxidation sites excluding steroid dienone is 1. The Morgan fingerprint density at radius 2 is 1.97 bits per heavy atom. The molecule has 1 aliphatic rings. The van der Waals surface area contributed by atoms with Crippen LogP contribution in [-0.2, 0) is 16.0 Å². The van der Waals surface area contributed by atoms with Crippen LogP contribution in [0.3, 0.4) is 0 Å². The summed E-state index contributed by atoms with van der Waals surface area (Å²) in [5, 5.41) is 5.41. The van der Waals surface area contributed by atoms with Crippen LogP contribution in [0.25, 0.3) is 22.6 Å². The second-order valence-corrected chi connectivity index (χ2v) is 8.24. The highest BCUT2D eigenvalue weighted by Gasteiger charge is 2.28. The van der Waals surface area contributed by atoms with Gasteiger partial charge in [0, 0.05) is 11.9 Å². The molecule has 2 aromatic heterocycles. The predicted octanol–water partition coefficient (Wildman–Crippen LogP) is 3.95. The number of fused-ring (bicyclic) bond motifs is 2. The predicted molar refractivity (Wildman–Crippen MR) is 123 cm³/mol. The van der Waals surface area contributed by atoms with E-state index in [0.717, 1.165) is 16.8 Å². The van der Waals surface area contributed by atoms with Crippen LogP contribution in [-0.4, -0.2) is 36.0 Å². The lowest BCUT2D eigenvalue weighted by Gasteiger charge is -2.12. The number of aromatic nitrogens is 1. The number of hydrogen-bond donors (Lipinski definition) is 2. The highest BCUT2D eigenvalue weighted by Crippen LogP contribution is 2.37. The van der Waals surface area contributed by atoms with Gasteiger partial charge in [0.05, 0.1) is 23.0 Å².